The number of hydrogen-bond acceptors (Lipinski definition) is 4. The van der Waals surface area contributed by atoms with Gasteiger partial charge in [-0.1, -0.05) is 48.0 Å². The monoisotopic (exact) mass is 497 g/mol. The maximum Gasteiger partial charge on any atom is 0.268 e. The summed E-state index contributed by atoms with van der Waals surface area (Å²) in [6.45, 7) is 4.51. The molecule has 0 aliphatic carbocycles. The Balaban J connectivity index is 1.54. The van der Waals surface area contributed by atoms with Gasteiger partial charge < -0.3 is 4.57 Å². The number of aryl methyl sites for hydroxylation is 2. The molecular formula is C28H23N3O2S2. The molecule has 0 saturated carbocycles. The fourth-order valence-corrected chi connectivity index (χ4v) is 6.64. The van der Waals surface area contributed by atoms with Crippen molar-refractivity contribution in [1.82, 2.24) is 13.5 Å². The van der Waals surface area contributed by atoms with Crippen molar-refractivity contribution in [3.05, 3.63) is 107 Å². The highest BCUT2D eigenvalue weighted by molar-refractivity contribution is 7.90. The predicted molar refractivity (Wildman–Crippen MR) is 143 cm³/mol. The molecule has 6 aromatic rings. The van der Waals surface area contributed by atoms with Crippen LogP contribution in [0.2, 0.25) is 0 Å². The number of para-hydroxylation sites is 1. The van der Waals surface area contributed by atoms with Crippen LogP contribution in [0.1, 0.15) is 16.7 Å². The zero-order chi connectivity index (χ0) is 24.2. The lowest BCUT2D eigenvalue weighted by atomic mass is 10.1. The number of nitrogens with zero attached hydrogens (tertiary/aromatic N) is 3. The smallest absolute Gasteiger partial charge is 0.268 e. The Morgan fingerprint density at radius 1 is 0.857 bits per heavy atom. The summed E-state index contributed by atoms with van der Waals surface area (Å²) in [7, 11) is -3.75. The molecule has 0 aliphatic heterocycles. The van der Waals surface area contributed by atoms with Gasteiger partial charge in [0, 0.05) is 11.6 Å². The van der Waals surface area contributed by atoms with Gasteiger partial charge in [-0.2, -0.15) is 0 Å². The standard InChI is InChI=1S/C28H23N3O2S2/c1-19-9-12-22(13-10-19)35(32,33)31-18-21(23-6-3-4-7-25(23)31)17-30-26-14-11-20(2)16-24(26)29-28(30)27-8-5-15-34-27/h3-16,18H,17H2,1-2H3. The number of fused-ring (bicyclic) bond motifs is 2. The lowest BCUT2D eigenvalue weighted by Gasteiger charge is -2.08. The van der Waals surface area contributed by atoms with E-state index in [-0.39, 0.29) is 4.90 Å². The Bertz CT molecular complexity index is 1790. The van der Waals surface area contributed by atoms with E-state index < -0.39 is 10.0 Å². The highest BCUT2D eigenvalue weighted by Crippen LogP contribution is 2.32. The molecule has 3 heterocycles. The molecule has 3 aromatic heterocycles. The van der Waals surface area contributed by atoms with Crippen molar-refractivity contribution in [2.24, 2.45) is 0 Å². The van der Waals surface area contributed by atoms with Crippen LogP contribution in [0, 0.1) is 13.8 Å². The van der Waals surface area contributed by atoms with E-state index in [9.17, 15) is 8.42 Å². The zero-order valence-corrected chi connectivity index (χ0v) is 21.0. The molecule has 0 radical (unpaired) electrons. The molecule has 0 spiro atoms. The van der Waals surface area contributed by atoms with Crippen LogP contribution in [0.5, 0.6) is 0 Å². The van der Waals surface area contributed by atoms with Crippen LogP contribution in [0.25, 0.3) is 32.6 Å². The van der Waals surface area contributed by atoms with E-state index in [2.05, 4.69) is 35.8 Å². The van der Waals surface area contributed by atoms with Gasteiger partial charge in [-0.3, -0.25) is 0 Å². The number of aromatic nitrogens is 3. The summed E-state index contributed by atoms with van der Waals surface area (Å²) in [5.41, 5.74) is 5.72. The second-order valence-corrected chi connectivity index (χ2v) is 11.5. The average Bonchev–Trinajstić information content (AvgIpc) is 3.58. The maximum absolute atomic E-state index is 13.6. The van der Waals surface area contributed by atoms with Gasteiger partial charge in [0.15, 0.2) is 5.82 Å². The normalized spacial score (nSPS) is 12.1. The molecule has 35 heavy (non-hydrogen) atoms. The predicted octanol–water partition coefficient (Wildman–Crippen LogP) is 6.62. The molecule has 0 aliphatic rings. The van der Waals surface area contributed by atoms with Crippen molar-refractivity contribution in [3.63, 3.8) is 0 Å². The molecule has 0 fully saturated rings. The van der Waals surface area contributed by atoms with Crippen LogP contribution in [-0.4, -0.2) is 21.9 Å². The third kappa shape index (κ3) is 3.68. The molecule has 0 amide bonds. The summed E-state index contributed by atoms with van der Waals surface area (Å²) in [6, 6.07) is 25.0. The van der Waals surface area contributed by atoms with Crippen molar-refractivity contribution in [1.29, 1.82) is 0 Å². The van der Waals surface area contributed by atoms with Crippen molar-refractivity contribution in [3.8, 4) is 10.7 Å². The van der Waals surface area contributed by atoms with Crippen LogP contribution in [-0.2, 0) is 16.6 Å². The first-order chi connectivity index (χ1) is 16.9. The van der Waals surface area contributed by atoms with E-state index in [0.29, 0.717) is 12.1 Å². The molecule has 3 aromatic carbocycles. The summed E-state index contributed by atoms with van der Waals surface area (Å²) in [5, 5.41) is 2.96. The SMILES string of the molecule is Cc1ccc(S(=O)(=O)n2cc(Cn3c(-c4cccs4)nc4cc(C)ccc43)c3ccccc32)cc1. The third-order valence-electron chi connectivity index (χ3n) is 6.31. The van der Waals surface area contributed by atoms with Crippen LogP contribution in [0.4, 0.5) is 0 Å². The summed E-state index contributed by atoms with van der Waals surface area (Å²) in [5.74, 6) is 0.888. The van der Waals surface area contributed by atoms with Crippen molar-refractivity contribution < 1.29 is 8.42 Å². The third-order valence-corrected chi connectivity index (χ3v) is 8.87. The van der Waals surface area contributed by atoms with Gasteiger partial charge in [-0.25, -0.2) is 17.4 Å². The lowest BCUT2D eigenvalue weighted by Crippen LogP contribution is -2.12. The van der Waals surface area contributed by atoms with Gasteiger partial charge in [-0.15, -0.1) is 11.3 Å². The topological polar surface area (TPSA) is 56.9 Å². The van der Waals surface area contributed by atoms with E-state index in [4.69, 9.17) is 4.98 Å². The lowest BCUT2D eigenvalue weighted by molar-refractivity contribution is 0.589. The minimum Gasteiger partial charge on any atom is -0.319 e. The first-order valence-corrected chi connectivity index (χ1v) is 13.7. The van der Waals surface area contributed by atoms with Crippen molar-refractivity contribution >= 4 is 43.3 Å². The Labute approximate surface area is 208 Å². The molecule has 0 bridgehead atoms. The first-order valence-electron chi connectivity index (χ1n) is 11.3. The van der Waals surface area contributed by atoms with Gasteiger partial charge in [0.2, 0.25) is 0 Å². The van der Waals surface area contributed by atoms with Gasteiger partial charge >= 0.3 is 0 Å². The second kappa shape index (κ2) is 8.22. The van der Waals surface area contributed by atoms with Crippen LogP contribution in [0.15, 0.2) is 95.3 Å². The van der Waals surface area contributed by atoms with Crippen LogP contribution in [0.3, 0.4) is 0 Å². The number of thiophene rings is 1. The Hall–Kier alpha value is -3.68. The molecular weight excluding hydrogens is 474 g/mol. The maximum atomic E-state index is 13.6. The van der Waals surface area contributed by atoms with Crippen molar-refractivity contribution in [2.75, 3.05) is 0 Å². The van der Waals surface area contributed by atoms with E-state index in [1.807, 2.05) is 54.8 Å². The Morgan fingerprint density at radius 2 is 1.63 bits per heavy atom. The van der Waals surface area contributed by atoms with Crippen LogP contribution < -0.4 is 0 Å². The number of benzene rings is 3. The van der Waals surface area contributed by atoms with Gasteiger partial charge in [-0.05, 0) is 66.8 Å². The Morgan fingerprint density at radius 3 is 2.40 bits per heavy atom. The summed E-state index contributed by atoms with van der Waals surface area (Å²) < 4.78 is 30.8. The largest absolute Gasteiger partial charge is 0.319 e. The van der Waals surface area contributed by atoms with E-state index in [1.165, 1.54) is 3.97 Å². The van der Waals surface area contributed by atoms with E-state index in [1.54, 1.807) is 29.7 Å². The number of imidazole rings is 1. The fraction of sp³-hybridized carbons (Fsp3) is 0.107. The number of rotatable bonds is 5. The van der Waals surface area contributed by atoms with E-state index in [0.717, 1.165) is 43.8 Å². The molecule has 6 rings (SSSR count). The molecule has 174 valence electrons. The molecule has 0 atom stereocenters. The summed E-state index contributed by atoms with van der Waals surface area (Å²) in [6.07, 6.45) is 1.76. The van der Waals surface area contributed by atoms with E-state index >= 15 is 0 Å². The minimum atomic E-state index is -3.75. The second-order valence-electron chi connectivity index (χ2n) is 8.78. The molecule has 7 heteroatoms. The highest BCUT2D eigenvalue weighted by Gasteiger charge is 2.22. The molecule has 0 N–H and O–H groups in total. The Kier molecular flexibility index (Phi) is 5.12. The number of hydrogen-bond donors (Lipinski definition) is 0. The first kappa shape index (κ1) is 21.8. The van der Waals surface area contributed by atoms with Gasteiger partial charge in [0.1, 0.15) is 0 Å². The summed E-state index contributed by atoms with van der Waals surface area (Å²) >= 11 is 1.65. The molecule has 5 nitrogen and oxygen atoms in total. The van der Waals surface area contributed by atoms with Gasteiger partial charge in [0.25, 0.3) is 10.0 Å². The van der Waals surface area contributed by atoms with Crippen molar-refractivity contribution in [2.45, 2.75) is 25.3 Å². The average molecular weight is 498 g/mol. The van der Waals surface area contributed by atoms with Crippen LogP contribution >= 0.6 is 11.3 Å². The fourth-order valence-electron chi connectivity index (χ4n) is 4.53. The quantitative estimate of drug-likeness (QED) is 0.269. The molecule has 0 saturated heterocycles. The molecule has 0 unspecified atom stereocenters. The minimum absolute atomic E-state index is 0.276. The highest BCUT2D eigenvalue weighted by atomic mass is 32.2. The summed E-state index contributed by atoms with van der Waals surface area (Å²) in [4.78, 5) is 6.31. The zero-order valence-electron chi connectivity index (χ0n) is 19.3. The van der Waals surface area contributed by atoms with Gasteiger partial charge in [0.05, 0.1) is 32.9 Å².